The summed E-state index contributed by atoms with van der Waals surface area (Å²) in [6.45, 7) is 29.0. The number of hydrogen-bond acceptors (Lipinski definition) is 4. The van der Waals surface area contributed by atoms with Gasteiger partial charge in [-0.3, -0.25) is 0 Å². The molecule has 6 heteroatoms. The van der Waals surface area contributed by atoms with E-state index in [1.807, 2.05) is 55.4 Å². The number of nitrogens with zero attached hydrogens (tertiary/aromatic N) is 2. The zero-order valence-corrected chi connectivity index (χ0v) is 24.1. The molecule has 30 heavy (non-hydrogen) atoms. The van der Waals surface area contributed by atoms with Crippen LogP contribution in [0.1, 0.15) is 96.9 Å². The minimum Gasteiger partial charge on any atom is -0.323 e. The monoisotopic (exact) mass is 460 g/mol. The summed E-state index contributed by atoms with van der Waals surface area (Å²) in [6.07, 6.45) is 0.970. The van der Waals surface area contributed by atoms with Gasteiger partial charge in [0.25, 0.3) is 0 Å². The Morgan fingerprint density at radius 3 is 0.900 bits per heavy atom. The largest absolute Gasteiger partial charge is 0.323 e. The van der Waals surface area contributed by atoms with Crippen LogP contribution < -0.4 is 0 Å². The van der Waals surface area contributed by atoms with Crippen molar-refractivity contribution in [2.45, 2.75) is 120 Å². The van der Waals surface area contributed by atoms with E-state index in [9.17, 15) is 9.13 Å². The molecule has 0 aliphatic carbocycles. The molecule has 0 rings (SSSR count). The van der Waals surface area contributed by atoms with Crippen molar-refractivity contribution in [1.82, 2.24) is 0 Å². The summed E-state index contributed by atoms with van der Waals surface area (Å²) >= 11 is 0. The molecule has 0 radical (unpaired) electrons. The highest BCUT2D eigenvalue weighted by Crippen LogP contribution is 2.57. The van der Waals surface area contributed by atoms with E-state index in [1.165, 1.54) is 0 Å². The molecule has 0 saturated carbocycles. The Morgan fingerprint density at radius 2 is 0.767 bits per heavy atom. The maximum atomic E-state index is 13.7. The summed E-state index contributed by atoms with van der Waals surface area (Å²) in [4.78, 5) is 0. The fourth-order valence-electron chi connectivity index (χ4n) is 3.35. The van der Waals surface area contributed by atoms with Gasteiger partial charge in [0.2, 0.25) is 0 Å². The molecule has 0 bridgehead atoms. The quantitative estimate of drug-likeness (QED) is 0.198. The first kappa shape index (κ1) is 29.8. The van der Waals surface area contributed by atoms with Gasteiger partial charge in [-0.2, -0.15) is 10.2 Å². The van der Waals surface area contributed by atoms with Crippen LogP contribution in [0.3, 0.4) is 0 Å². The normalized spacial score (nSPS) is 15.8. The van der Waals surface area contributed by atoms with Gasteiger partial charge in [0, 0.05) is 45.8 Å². The van der Waals surface area contributed by atoms with Gasteiger partial charge in [-0.15, -0.1) is 0 Å². The van der Waals surface area contributed by atoms with E-state index in [1.54, 1.807) is 0 Å². The maximum Gasteiger partial charge on any atom is 0.0979 e. The molecule has 0 unspecified atom stereocenters. The van der Waals surface area contributed by atoms with Crippen molar-refractivity contribution in [1.29, 1.82) is 0 Å². The molecular weight excluding hydrogens is 410 g/mol. The summed E-state index contributed by atoms with van der Waals surface area (Å²) in [7, 11) is -4.89. The SMILES string of the molecule is CC(C)P(=O)(C/C(=N\N=C(/CP(=O)(C(C)C)C(C)C)C(C)(C)C)C(C)(C)C)C(C)C. The Kier molecular flexibility index (Phi) is 10.5. The van der Waals surface area contributed by atoms with Crippen molar-refractivity contribution >= 4 is 25.7 Å². The van der Waals surface area contributed by atoms with E-state index >= 15 is 0 Å². The van der Waals surface area contributed by atoms with Gasteiger partial charge in [0.05, 0.1) is 25.7 Å². The second kappa shape index (κ2) is 10.6. The average molecular weight is 461 g/mol. The third kappa shape index (κ3) is 7.74. The van der Waals surface area contributed by atoms with E-state index in [0.717, 1.165) is 11.4 Å². The lowest BCUT2D eigenvalue weighted by atomic mass is 9.90. The summed E-state index contributed by atoms with van der Waals surface area (Å²) in [6, 6.07) is 0. The van der Waals surface area contributed by atoms with Gasteiger partial charge >= 0.3 is 0 Å². The van der Waals surface area contributed by atoms with Gasteiger partial charge < -0.3 is 9.13 Å². The zero-order valence-electron chi connectivity index (χ0n) is 22.3. The third-order valence-corrected chi connectivity index (χ3v) is 14.9. The van der Waals surface area contributed by atoms with Gasteiger partial charge in [-0.1, -0.05) is 96.9 Å². The first-order chi connectivity index (χ1) is 13.2. The lowest BCUT2D eigenvalue weighted by Crippen LogP contribution is -2.29. The summed E-state index contributed by atoms with van der Waals surface area (Å²) in [5.74, 6) is 0. The molecule has 0 aliphatic heterocycles. The topological polar surface area (TPSA) is 58.9 Å². The van der Waals surface area contributed by atoms with Crippen LogP contribution in [-0.2, 0) is 9.13 Å². The smallest absolute Gasteiger partial charge is 0.0979 e. The van der Waals surface area contributed by atoms with E-state index in [0.29, 0.717) is 12.3 Å². The van der Waals surface area contributed by atoms with E-state index in [4.69, 9.17) is 10.2 Å². The van der Waals surface area contributed by atoms with E-state index in [-0.39, 0.29) is 33.5 Å². The molecule has 0 amide bonds. The molecule has 0 fully saturated rings. The molecule has 0 heterocycles. The molecule has 4 nitrogen and oxygen atoms in total. The van der Waals surface area contributed by atoms with Crippen LogP contribution in [0.2, 0.25) is 0 Å². The standard InChI is InChI=1S/C24H50N2O2P2/c1-17(2)29(27,18(3)4)15-21(23(9,10)11)25-26-22(24(12,13)14)16-30(28,19(5)6)20(7)8/h17-20H,15-16H2,1-14H3/b25-21+,26-22+. The molecule has 0 aromatic rings. The minimum absolute atomic E-state index is 0.109. The molecule has 0 saturated heterocycles. The molecule has 0 N–H and O–H groups in total. The summed E-state index contributed by atoms with van der Waals surface area (Å²) < 4.78 is 27.5. The van der Waals surface area contributed by atoms with E-state index < -0.39 is 14.3 Å². The first-order valence-corrected chi connectivity index (χ1v) is 15.6. The van der Waals surface area contributed by atoms with Crippen LogP contribution in [0.15, 0.2) is 10.2 Å². The van der Waals surface area contributed by atoms with Gasteiger partial charge in [-0.25, -0.2) is 0 Å². The molecule has 0 spiro atoms. The molecular formula is C24H50N2O2P2. The highest BCUT2D eigenvalue weighted by molar-refractivity contribution is 7.66. The molecule has 0 aliphatic rings. The second-order valence-electron chi connectivity index (χ2n) is 12.0. The van der Waals surface area contributed by atoms with Crippen molar-refractivity contribution < 1.29 is 9.13 Å². The Balaban J connectivity index is 6.47. The minimum atomic E-state index is -2.44. The van der Waals surface area contributed by atoms with Crippen LogP contribution in [0.4, 0.5) is 0 Å². The van der Waals surface area contributed by atoms with Crippen LogP contribution in [0.5, 0.6) is 0 Å². The first-order valence-electron chi connectivity index (χ1n) is 11.5. The van der Waals surface area contributed by atoms with Crippen molar-refractivity contribution in [3.8, 4) is 0 Å². The molecule has 178 valence electrons. The maximum absolute atomic E-state index is 13.7. The Morgan fingerprint density at radius 1 is 0.567 bits per heavy atom. The Bertz CT molecular complexity index is 632. The van der Waals surface area contributed by atoms with Crippen LogP contribution in [0.25, 0.3) is 0 Å². The van der Waals surface area contributed by atoms with Crippen molar-refractivity contribution in [2.24, 2.45) is 21.0 Å². The lowest BCUT2D eigenvalue weighted by Gasteiger charge is -2.32. The summed E-state index contributed by atoms with van der Waals surface area (Å²) in [5.41, 5.74) is 1.72. The van der Waals surface area contributed by atoms with Crippen LogP contribution in [0, 0.1) is 10.8 Å². The average Bonchev–Trinajstić information content (AvgIpc) is 2.53. The molecule has 0 aromatic heterocycles. The predicted octanol–water partition coefficient (Wildman–Crippen LogP) is 8.24. The van der Waals surface area contributed by atoms with Crippen LogP contribution in [-0.4, -0.2) is 46.4 Å². The highest BCUT2D eigenvalue weighted by atomic mass is 31.2. The molecule has 0 aromatic carbocycles. The lowest BCUT2D eigenvalue weighted by molar-refractivity contribution is 0.553. The van der Waals surface area contributed by atoms with Crippen molar-refractivity contribution in [2.75, 3.05) is 12.3 Å². The zero-order chi connectivity index (χ0) is 24.3. The van der Waals surface area contributed by atoms with Crippen molar-refractivity contribution in [3.05, 3.63) is 0 Å². The fourth-order valence-corrected chi connectivity index (χ4v) is 9.21. The van der Waals surface area contributed by atoms with E-state index in [2.05, 4.69) is 41.5 Å². The number of hydrogen-bond donors (Lipinski definition) is 0. The highest BCUT2D eigenvalue weighted by Gasteiger charge is 2.37. The fraction of sp³-hybridized carbons (Fsp3) is 0.917. The molecule has 0 atom stereocenters. The van der Waals surface area contributed by atoms with Gasteiger partial charge in [0.1, 0.15) is 0 Å². The van der Waals surface area contributed by atoms with Crippen molar-refractivity contribution in [3.63, 3.8) is 0 Å². The summed E-state index contributed by atoms with van der Waals surface area (Å²) in [5, 5.41) is 9.45. The Hall–Kier alpha value is -0.200. The van der Waals surface area contributed by atoms with Gasteiger partial charge in [0.15, 0.2) is 0 Å². The second-order valence-corrected chi connectivity index (χ2v) is 20.2. The van der Waals surface area contributed by atoms with Crippen LogP contribution >= 0.6 is 14.3 Å². The number of rotatable bonds is 9. The third-order valence-electron chi connectivity index (χ3n) is 6.31. The predicted molar refractivity (Wildman–Crippen MR) is 139 cm³/mol. The van der Waals surface area contributed by atoms with Gasteiger partial charge in [-0.05, 0) is 0 Å². The Labute approximate surface area is 187 Å².